The predicted molar refractivity (Wildman–Crippen MR) is 97.3 cm³/mol. The van der Waals surface area contributed by atoms with Gasteiger partial charge in [0.05, 0.1) is 5.56 Å². The topological polar surface area (TPSA) is 49.3 Å². The summed E-state index contributed by atoms with van der Waals surface area (Å²) in [5.41, 5.74) is 5.47. The second-order valence-corrected chi connectivity index (χ2v) is 5.70. The van der Waals surface area contributed by atoms with Crippen molar-refractivity contribution in [3.05, 3.63) is 89.5 Å². The predicted octanol–water partition coefficient (Wildman–Crippen LogP) is 4.97. The van der Waals surface area contributed by atoms with Crippen molar-refractivity contribution < 1.29 is 9.90 Å². The lowest BCUT2D eigenvalue weighted by molar-refractivity contribution is 0.0696. The minimum absolute atomic E-state index is 0.333. The Kier molecular flexibility index (Phi) is 4.62. The molecule has 0 aromatic heterocycles. The fraction of sp³-hybridized carbons (Fsp3) is 0.0952. The van der Waals surface area contributed by atoms with E-state index >= 15 is 0 Å². The number of hydrogen-bond donors (Lipinski definition) is 2. The fourth-order valence-electron chi connectivity index (χ4n) is 2.70. The van der Waals surface area contributed by atoms with Gasteiger partial charge in [0, 0.05) is 12.2 Å². The number of carboxylic acids is 1. The summed E-state index contributed by atoms with van der Waals surface area (Å²) in [6.07, 6.45) is 0. The maximum Gasteiger partial charge on any atom is 0.336 e. The van der Waals surface area contributed by atoms with Gasteiger partial charge >= 0.3 is 5.97 Å². The Labute approximate surface area is 141 Å². The fourth-order valence-corrected chi connectivity index (χ4v) is 2.70. The largest absolute Gasteiger partial charge is 0.478 e. The van der Waals surface area contributed by atoms with E-state index in [1.165, 1.54) is 11.1 Å². The van der Waals surface area contributed by atoms with Gasteiger partial charge in [0.1, 0.15) is 0 Å². The first-order valence-corrected chi connectivity index (χ1v) is 7.86. The van der Waals surface area contributed by atoms with Gasteiger partial charge in [0.2, 0.25) is 0 Å². The third-order valence-electron chi connectivity index (χ3n) is 4.11. The maximum absolute atomic E-state index is 11.2. The summed E-state index contributed by atoms with van der Waals surface area (Å²) in [7, 11) is 0. The summed E-state index contributed by atoms with van der Waals surface area (Å²) in [4.78, 5) is 11.2. The number of aromatic carboxylic acids is 1. The van der Waals surface area contributed by atoms with E-state index in [9.17, 15) is 9.90 Å². The monoisotopic (exact) mass is 317 g/mol. The summed E-state index contributed by atoms with van der Waals surface area (Å²) in [5.74, 6) is -0.900. The first-order chi connectivity index (χ1) is 11.6. The molecular formula is C21H19NO2. The van der Waals surface area contributed by atoms with Crippen LogP contribution in [0.5, 0.6) is 0 Å². The zero-order valence-corrected chi connectivity index (χ0v) is 13.5. The van der Waals surface area contributed by atoms with E-state index < -0.39 is 5.97 Å². The van der Waals surface area contributed by atoms with E-state index in [2.05, 4.69) is 41.7 Å². The second-order valence-electron chi connectivity index (χ2n) is 5.70. The molecule has 0 radical (unpaired) electrons. The van der Waals surface area contributed by atoms with Gasteiger partial charge in [-0.1, -0.05) is 60.7 Å². The molecule has 24 heavy (non-hydrogen) atoms. The van der Waals surface area contributed by atoms with E-state index in [1.807, 2.05) is 31.2 Å². The molecule has 2 N–H and O–H groups in total. The molecule has 0 fully saturated rings. The molecule has 3 rings (SSSR count). The number of anilines is 1. The van der Waals surface area contributed by atoms with Crippen molar-refractivity contribution in [1.29, 1.82) is 0 Å². The van der Waals surface area contributed by atoms with Crippen molar-refractivity contribution in [1.82, 2.24) is 0 Å². The van der Waals surface area contributed by atoms with Gasteiger partial charge in [-0.2, -0.15) is 0 Å². The quantitative estimate of drug-likeness (QED) is 0.698. The Morgan fingerprint density at radius 3 is 2.21 bits per heavy atom. The second kappa shape index (κ2) is 7.01. The highest BCUT2D eigenvalue weighted by molar-refractivity contribution is 5.91. The molecule has 0 unspecified atom stereocenters. The summed E-state index contributed by atoms with van der Waals surface area (Å²) in [6, 6.07) is 23.9. The maximum atomic E-state index is 11.2. The number of carbonyl (C=O) groups is 1. The Morgan fingerprint density at radius 1 is 0.875 bits per heavy atom. The number of rotatable bonds is 5. The summed E-state index contributed by atoms with van der Waals surface area (Å²) >= 11 is 0. The van der Waals surface area contributed by atoms with Crippen LogP contribution >= 0.6 is 0 Å². The Balaban J connectivity index is 1.72. The SMILES string of the molecule is Cc1c(NCc2ccc(-c3ccccc3)cc2)cccc1C(=O)O. The average Bonchev–Trinajstić information content (AvgIpc) is 2.62. The molecule has 3 heteroatoms. The van der Waals surface area contributed by atoms with Crippen LogP contribution in [0, 0.1) is 6.92 Å². The van der Waals surface area contributed by atoms with Gasteiger partial charge in [-0.25, -0.2) is 4.79 Å². The first-order valence-electron chi connectivity index (χ1n) is 7.86. The molecule has 0 saturated carbocycles. The van der Waals surface area contributed by atoms with Crippen molar-refractivity contribution in [2.75, 3.05) is 5.32 Å². The smallest absolute Gasteiger partial charge is 0.336 e. The van der Waals surface area contributed by atoms with Crippen LogP contribution in [0.3, 0.4) is 0 Å². The van der Waals surface area contributed by atoms with Gasteiger partial charge in [-0.05, 0) is 41.3 Å². The molecule has 0 aliphatic rings. The van der Waals surface area contributed by atoms with Gasteiger partial charge in [0.25, 0.3) is 0 Å². The minimum Gasteiger partial charge on any atom is -0.478 e. The van der Waals surface area contributed by atoms with E-state index in [4.69, 9.17) is 0 Å². The Morgan fingerprint density at radius 2 is 1.54 bits per heavy atom. The van der Waals surface area contributed by atoms with Crippen molar-refractivity contribution in [2.45, 2.75) is 13.5 Å². The van der Waals surface area contributed by atoms with Gasteiger partial charge in [0.15, 0.2) is 0 Å². The molecule has 3 aromatic rings. The Hall–Kier alpha value is -3.07. The molecule has 0 amide bonds. The highest BCUT2D eigenvalue weighted by atomic mass is 16.4. The Bertz CT molecular complexity index is 839. The molecular weight excluding hydrogens is 298 g/mol. The highest BCUT2D eigenvalue weighted by Gasteiger charge is 2.09. The zero-order chi connectivity index (χ0) is 16.9. The van der Waals surface area contributed by atoms with Crippen molar-refractivity contribution in [3.63, 3.8) is 0 Å². The van der Waals surface area contributed by atoms with Crippen molar-refractivity contribution in [2.24, 2.45) is 0 Å². The van der Waals surface area contributed by atoms with Gasteiger partial charge < -0.3 is 10.4 Å². The lowest BCUT2D eigenvalue weighted by Crippen LogP contribution is -2.05. The van der Waals surface area contributed by atoms with Crippen LogP contribution < -0.4 is 5.32 Å². The first kappa shape index (κ1) is 15.8. The van der Waals surface area contributed by atoms with Crippen LogP contribution in [-0.2, 0) is 6.54 Å². The normalized spacial score (nSPS) is 10.4. The van der Waals surface area contributed by atoms with Crippen LogP contribution in [0.2, 0.25) is 0 Å². The number of benzene rings is 3. The van der Waals surface area contributed by atoms with E-state index in [1.54, 1.807) is 12.1 Å². The van der Waals surface area contributed by atoms with Gasteiger partial charge in [-0.15, -0.1) is 0 Å². The molecule has 0 aliphatic carbocycles. The molecule has 0 spiro atoms. The van der Waals surface area contributed by atoms with Crippen LogP contribution in [0.15, 0.2) is 72.8 Å². The zero-order valence-electron chi connectivity index (χ0n) is 13.5. The van der Waals surface area contributed by atoms with E-state index in [-0.39, 0.29) is 0 Å². The number of hydrogen-bond acceptors (Lipinski definition) is 2. The molecule has 120 valence electrons. The highest BCUT2D eigenvalue weighted by Crippen LogP contribution is 2.22. The van der Waals surface area contributed by atoms with Crippen LogP contribution in [0.4, 0.5) is 5.69 Å². The molecule has 3 aromatic carbocycles. The molecule has 0 bridgehead atoms. The third-order valence-corrected chi connectivity index (χ3v) is 4.11. The summed E-state index contributed by atoms with van der Waals surface area (Å²) in [6.45, 7) is 2.48. The van der Waals surface area contributed by atoms with Crippen LogP contribution in [0.1, 0.15) is 21.5 Å². The summed E-state index contributed by atoms with van der Waals surface area (Å²) in [5, 5.41) is 12.5. The van der Waals surface area contributed by atoms with E-state index in [0.29, 0.717) is 12.1 Å². The molecule has 3 nitrogen and oxygen atoms in total. The number of carboxylic acid groups (broad SMARTS) is 1. The third kappa shape index (κ3) is 3.46. The van der Waals surface area contributed by atoms with Crippen molar-refractivity contribution >= 4 is 11.7 Å². The number of nitrogens with one attached hydrogen (secondary N) is 1. The van der Waals surface area contributed by atoms with E-state index in [0.717, 1.165) is 16.8 Å². The average molecular weight is 317 g/mol. The van der Waals surface area contributed by atoms with Crippen LogP contribution in [-0.4, -0.2) is 11.1 Å². The molecule has 0 saturated heterocycles. The molecule has 0 aliphatic heterocycles. The standard InChI is InChI=1S/C21H19NO2/c1-15-19(21(23)24)8-5-9-20(15)22-14-16-10-12-18(13-11-16)17-6-3-2-4-7-17/h2-13,22H,14H2,1H3,(H,23,24). The lowest BCUT2D eigenvalue weighted by atomic mass is 10.0. The molecule has 0 atom stereocenters. The minimum atomic E-state index is -0.900. The van der Waals surface area contributed by atoms with Gasteiger partial charge in [-0.3, -0.25) is 0 Å². The summed E-state index contributed by atoms with van der Waals surface area (Å²) < 4.78 is 0. The lowest BCUT2D eigenvalue weighted by Gasteiger charge is -2.12. The van der Waals surface area contributed by atoms with Crippen molar-refractivity contribution in [3.8, 4) is 11.1 Å². The van der Waals surface area contributed by atoms with Crippen LogP contribution in [0.25, 0.3) is 11.1 Å². The molecule has 0 heterocycles.